The Morgan fingerprint density at radius 3 is 2.42 bits per heavy atom. The zero-order chi connectivity index (χ0) is 16.6. The van der Waals surface area contributed by atoms with Crippen molar-refractivity contribution >= 4 is 21.6 Å². The predicted octanol–water partition coefficient (Wildman–Crippen LogP) is 4.80. The average molecular weight is 338 g/mol. The van der Waals surface area contributed by atoms with E-state index >= 15 is 0 Å². The number of unbranched alkanes of at least 4 members (excludes halogenated alkanes) is 2. The molecule has 3 rings (SSSR count). The minimum atomic E-state index is 0.648. The molecule has 3 aromatic rings. The van der Waals surface area contributed by atoms with Crippen LogP contribution in [0.4, 0.5) is 0 Å². The van der Waals surface area contributed by atoms with Gasteiger partial charge in [-0.2, -0.15) is 5.26 Å². The first kappa shape index (κ1) is 16.3. The van der Waals surface area contributed by atoms with Crippen molar-refractivity contribution in [3.05, 3.63) is 54.1 Å². The molecule has 0 N–H and O–H groups in total. The number of hydrogen-bond acceptors (Lipinski definition) is 5. The summed E-state index contributed by atoms with van der Waals surface area (Å²) < 4.78 is 12.5. The fraction of sp³-hybridized carbons (Fsp3) is 0.263. The summed E-state index contributed by atoms with van der Waals surface area (Å²) in [6.45, 7) is 1.35. The second kappa shape index (κ2) is 8.32. The van der Waals surface area contributed by atoms with E-state index < -0.39 is 0 Å². The van der Waals surface area contributed by atoms with Crippen molar-refractivity contribution in [3.63, 3.8) is 0 Å². The lowest BCUT2D eigenvalue weighted by Crippen LogP contribution is -2.00. The van der Waals surface area contributed by atoms with Gasteiger partial charge in [0.05, 0.1) is 35.1 Å². The molecule has 0 aliphatic rings. The van der Waals surface area contributed by atoms with Crippen molar-refractivity contribution in [2.45, 2.75) is 19.3 Å². The summed E-state index contributed by atoms with van der Waals surface area (Å²) in [7, 11) is 0. The van der Waals surface area contributed by atoms with Crippen LogP contribution in [-0.2, 0) is 0 Å². The number of nitrogens with zero attached hydrogens (tertiary/aromatic N) is 2. The van der Waals surface area contributed by atoms with Gasteiger partial charge in [0.25, 0.3) is 5.19 Å². The van der Waals surface area contributed by atoms with E-state index in [4.69, 9.17) is 14.7 Å². The number of thiazole rings is 1. The van der Waals surface area contributed by atoms with Gasteiger partial charge in [0.2, 0.25) is 0 Å². The summed E-state index contributed by atoms with van der Waals surface area (Å²) in [6, 6.07) is 17.3. The van der Waals surface area contributed by atoms with Gasteiger partial charge in [-0.25, -0.2) is 4.98 Å². The Bertz CT molecular complexity index is 788. The van der Waals surface area contributed by atoms with E-state index in [9.17, 15) is 0 Å². The summed E-state index contributed by atoms with van der Waals surface area (Å²) in [5.74, 6) is 0.805. The van der Waals surface area contributed by atoms with E-state index in [2.05, 4.69) is 17.1 Å². The summed E-state index contributed by atoms with van der Waals surface area (Å²) in [4.78, 5) is 4.45. The van der Waals surface area contributed by atoms with Crippen molar-refractivity contribution < 1.29 is 9.47 Å². The molecule has 0 aliphatic carbocycles. The number of benzene rings is 2. The third kappa shape index (κ3) is 4.46. The number of para-hydroxylation sites is 1. The van der Waals surface area contributed by atoms with Crippen molar-refractivity contribution in [1.82, 2.24) is 4.98 Å². The SMILES string of the molecule is N#Cc1ccc(OCCCCCOc2nc3ccccc3s2)cc1. The first-order chi connectivity index (χ1) is 11.8. The van der Waals surface area contributed by atoms with Gasteiger partial charge in [-0.15, -0.1) is 0 Å². The molecule has 0 saturated heterocycles. The van der Waals surface area contributed by atoms with Crippen LogP contribution in [0.1, 0.15) is 24.8 Å². The number of rotatable bonds is 8. The minimum absolute atomic E-state index is 0.648. The van der Waals surface area contributed by atoms with Crippen molar-refractivity contribution in [1.29, 1.82) is 5.26 Å². The highest BCUT2D eigenvalue weighted by atomic mass is 32.1. The molecule has 0 amide bonds. The first-order valence-electron chi connectivity index (χ1n) is 7.96. The van der Waals surface area contributed by atoms with Crippen molar-refractivity contribution in [2.24, 2.45) is 0 Å². The van der Waals surface area contributed by atoms with Crippen LogP contribution in [0.2, 0.25) is 0 Å². The van der Waals surface area contributed by atoms with Crippen LogP contribution in [-0.4, -0.2) is 18.2 Å². The lowest BCUT2D eigenvalue weighted by molar-refractivity contribution is 0.279. The number of fused-ring (bicyclic) bond motifs is 1. The summed E-state index contributed by atoms with van der Waals surface area (Å²) in [5.41, 5.74) is 1.64. The second-order valence-electron chi connectivity index (χ2n) is 5.34. The molecule has 0 fully saturated rings. The highest BCUT2D eigenvalue weighted by Crippen LogP contribution is 2.27. The lowest BCUT2D eigenvalue weighted by Gasteiger charge is -2.06. The van der Waals surface area contributed by atoms with Gasteiger partial charge in [-0.05, 0) is 55.7 Å². The maximum Gasteiger partial charge on any atom is 0.274 e. The second-order valence-corrected chi connectivity index (χ2v) is 6.33. The topological polar surface area (TPSA) is 55.1 Å². The van der Waals surface area contributed by atoms with Crippen LogP contribution in [0.3, 0.4) is 0 Å². The monoisotopic (exact) mass is 338 g/mol. The van der Waals surface area contributed by atoms with Crippen molar-refractivity contribution in [3.8, 4) is 17.0 Å². The number of hydrogen-bond donors (Lipinski definition) is 0. The van der Waals surface area contributed by atoms with Gasteiger partial charge in [-0.1, -0.05) is 23.5 Å². The first-order valence-corrected chi connectivity index (χ1v) is 8.78. The Balaban J connectivity index is 1.30. The fourth-order valence-corrected chi connectivity index (χ4v) is 3.11. The van der Waals surface area contributed by atoms with E-state index in [0.29, 0.717) is 18.8 Å². The van der Waals surface area contributed by atoms with Gasteiger partial charge >= 0.3 is 0 Å². The predicted molar refractivity (Wildman–Crippen MR) is 95.6 cm³/mol. The third-order valence-electron chi connectivity index (χ3n) is 3.54. The van der Waals surface area contributed by atoms with E-state index in [-0.39, 0.29) is 0 Å². The number of aromatic nitrogens is 1. The van der Waals surface area contributed by atoms with E-state index in [1.807, 2.05) is 30.3 Å². The summed E-state index contributed by atoms with van der Waals surface area (Å²) >= 11 is 1.58. The largest absolute Gasteiger partial charge is 0.494 e. The van der Waals surface area contributed by atoms with Crippen LogP contribution >= 0.6 is 11.3 Å². The van der Waals surface area contributed by atoms with Crippen LogP contribution in [0.15, 0.2) is 48.5 Å². The molecule has 0 atom stereocenters. The molecule has 1 aromatic heterocycles. The molecule has 0 aliphatic heterocycles. The molecular formula is C19H18N2O2S. The maximum absolute atomic E-state index is 8.74. The molecule has 2 aromatic carbocycles. The molecule has 4 nitrogen and oxygen atoms in total. The molecule has 0 unspecified atom stereocenters. The van der Waals surface area contributed by atoms with Gasteiger partial charge in [0.15, 0.2) is 0 Å². The van der Waals surface area contributed by atoms with Gasteiger partial charge < -0.3 is 9.47 Å². The standard InChI is InChI=1S/C19H18N2O2S/c20-14-15-8-10-16(11-9-15)22-12-4-1-5-13-23-19-21-17-6-2-3-7-18(17)24-19/h2-3,6-11H,1,4-5,12-13H2. The molecular weight excluding hydrogens is 320 g/mol. The Kier molecular flexibility index (Phi) is 5.65. The Hall–Kier alpha value is -2.58. The molecule has 0 spiro atoms. The average Bonchev–Trinajstić information content (AvgIpc) is 3.04. The maximum atomic E-state index is 8.74. The highest BCUT2D eigenvalue weighted by Gasteiger charge is 2.03. The molecule has 0 saturated carbocycles. The smallest absolute Gasteiger partial charge is 0.274 e. The third-order valence-corrected chi connectivity index (χ3v) is 4.49. The molecule has 1 heterocycles. The van der Waals surface area contributed by atoms with Gasteiger partial charge in [0, 0.05) is 0 Å². The quantitative estimate of drug-likeness (QED) is 0.554. The minimum Gasteiger partial charge on any atom is -0.494 e. The molecule has 0 bridgehead atoms. The van der Waals surface area contributed by atoms with Gasteiger partial charge in [-0.3, -0.25) is 0 Å². The van der Waals surface area contributed by atoms with E-state index in [1.54, 1.807) is 23.5 Å². The van der Waals surface area contributed by atoms with Crippen LogP contribution in [0.25, 0.3) is 10.2 Å². The van der Waals surface area contributed by atoms with Crippen LogP contribution in [0.5, 0.6) is 10.9 Å². The zero-order valence-electron chi connectivity index (χ0n) is 13.3. The number of nitriles is 1. The highest BCUT2D eigenvalue weighted by molar-refractivity contribution is 7.20. The van der Waals surface area contributed by atoms with Crippen molar-refractivity contribution in [2.75, 3.05) is 13.2 Å². The number of ether oxygens (including phenoxy) is 2. The summed E-state index contributed by atoms with van der Waals surface area (Å²) in [5, 5.41) is 9.48. The van der Waals surface area contributed by atoms with E-state index in [0.717, 1.165) is 40.4 Å². The Morgan fingerprint density at radius 1 is 0.917 bits per heavy atom. The lowest BCUT2D eigenvalue weighted by atomic mass is 10.2. The molecule has 5 heteroatoms. The normalized spacial score (nSPS) is 10.5. The Morgan fingerprint density at radius 2 is 1.67 bits per heavy atom. The summed E-state index contributed by atoms with van der Waals surface area (Å²) in [6.07, 6.45) is 3.00. The van der Waals surface area contributed by atoms with Crippen LogP contribution < -0.4 is 9.47 Å². The molecule has 122 valence electrons. The van der Waals surface area contributed by atoms with Gasteiger partial charge in [0.1, 0.15) is 5.75 Å². The Labute approximate surface area is 145 Å². The fourth-order valence-electron chi connectivity index (χ4n) is 2.27. The van der Waals surface area contributed by atoms with Crippen LogP contribution in [0, 0.1) is 11.3 Å². The molecule has 24 heavy (non-hydrogen) atoms. The molecule has 0 radical (unpaired) electrons. The zero-order valence-corrected chi connectivity index (χ0v) is 14.1. The van der Waals surface area contributed by atoms with E-state index in [1.165, 1.54) is 0 Å².